The summed E-state index contributed by atoms with van der Waals surface area (Å²) >= 11 is 0. The van der Waals surface area contributed by atoms with Crippen LogP contribution >= 0.6 is 0 Å². The number of hydrogen-bond acceptors (Lipinski definition) is 4. The fraction of sp³-hybridized carbons (Fsp3) is 0. The van der Waals surface area contributed by atoms with Crippen molar-refractivity contribution in [3.05, 3.63) is 200 Å². The van der Waals surface area contributed by atoms with Gasteiger partial charge in [0.05, 0.1) is 0 Å². The zero-order valence-corrected chi connectivity index (χ0v) is 30.8. The third-order valence-corrected chi connectivity index (χ3v) is 11.0. The molecule has 2 heterocycles. The van der Waals surface area contributed by atoms with Crippen molar-refractivity contribution in [1.29, 1.82) is 0 Å². The van der Waals surface area contributed by atoms with Gasteiger partial charge in [0.25, 0.3) is 0 Å². The van der Waals surface area contributed by atoms with Gasteiger partial charge in [-0.05, 0) is 101 Å². The fourth-order valence-corrected chi connectivity index (χ4v) is 8.29. The van der Waals surface area contributed by atoms with E-state index in [4.69, 9.17) is 9.97 Å². The van der Waals surface area contributed by atoms with Crippen LogP contribution in [0.15, 0.2) is 200 Å². The first-order valence-electron chi connectivity index (χ1n) is 19.1. The molecule has 0 saturated heterocycles. The number of rotatable bonds is 6. The van der Waals surface area contributed by atoms with Gasteiger partial charge in [-0.1, -0.05) is 158 Å². The quantitative estimate of drug-likeness (QED) is 0.160. The topological polar surface area (TPSA) is 56.5 Å². The van der Waals surface area contributed by atoms with Gasteiger partial charge in [-0.2, -0.15) is 0 Å². The molecule has 0 saturated carbocycles. The van der Waals surface area contributed by atoms with Crippen LogP contribution in [-0.2, 0) is 0 Å². The van der Waals surface area contributed by atoms with E-state index in [9.17, 15) is 0 Å². The highest BCUT2D eigenvalue weighted by Gasteiger charge is 2.21. The molecule has 0 amide bonds. The lowest BCUT2D eigenvalue weighted by Gasteiger charge is -2.19. The minimum atomic E-state index is 0.500. The second-order valence-corrected chi connectivity index (χ2v) is 14.4. The summed E-state index contributed by atoms with van der Waals surface area (Å²) in [5.74, 6) is 1.81. The number of hydrogen-bond donors (Lipinski definition) is 0. The van der Waals surface area contributed by atoms with Gasteiger partial charge in [0.1, 0.15) is 0 Å². The highest BCUT2D eigenvalue weighted by atomic mass is 15.3. The molecule has 0 fully saturated rings. The highest BCUT2D eigenvalue weighted by molar-refractivity contribution is 6.22. The smallest absolute Gasteiger partial charge is 0.206 e. The molecule has 57 heavy (non-hydrogen) atoms. The van der Waals surface area contributed by atoms with Crippen LogP contribution in [0.25, 0.3) is 105 Å². The third-order valence-electron chi connectivity index (χ3n) is 11.0. The van der Waals surface area contributed by atoms with E-state index >= 15 is 0 Å². The van der Waals surface area contributed by atoms with Crippen molar-refractivity contribution in [3.63, 3.8) is 0 Å². The van der Waals surface area contributed by atoms with Crippen LogP contribution in [-0.4, -0.2) is 24.7 Å². The van der Waals surface area contributed by atoms with Gasteiger partial charge in [0.2, 0.25) is 5.82 Å². The van der Waals surface area contributed by atoms with Gasteiger partial charge in [-0.25, -0.2) is 9.97 Å². The lowest BCUT2D eigenvalue weighted by atomic mass is 9.84. The number of fused-ring (bicyclic) bond motifs is 4. The van der Waals surface area contributed by atoms with Gasteiger partial charge in [-0.3, -0.25) is 4.57 Å². The van der Waals surface area contributed by atoms with E-state index in [-0.39, 0.29) is 0 Å². The number of benzene rings is 9. The van der Waals surface area contributed by atoms with E-state index in [1.54, 1.807) is 0 Å². The normalized spacial score (nSPS) is 11.5. The van der Waals surface area contributed by atoms with Gasteiger partial charge < -0.3 is 0 Å². The Kier molecular flexibility index (Phi) is 7.74. The van der Waals surface area contributed by atoms with Crippen LogP contribution in [0.2, 0.25) is 0 Å². The molecule has 2 aromatic heterocycles. The molecule has 0 bridgehead atoms. The van der Waals surface area contributed by atoms with Crippen molar-refractivity contribution < 1.29 is 0 Å². The molecule has 0 N–H and O–H groups in total. The predicted octanol–water partition coefficient (Wildman–Crippen LogP) is 13.0. The summed E-state index contributed by atoms with van der Waals surface area (Å²) in [6.45, 7) is 0. The molecule has 0 atom stereocenters. The van der Waals surface area contributed by atoms with Crippen molar-refractivity contribution in [3.8, 4) is 62.1 Å². The standard InChI is InChI=1S/C52H33N5/c1-3-15-36(16-4-1)51-55-56-52(57(51)43-19-5-2-6-20-43)50-53-32-42(33-54-50)39-27-28-46-47(31-39)49(41-26-24-35-14-8-10-18-38(35)30-41)45-22-12-11-21-44(45)48(46)40-25-23-34-13-7-9-17-37(34)29-40/h1-33H. The summed E-state index contributed by atoms with van der Waals surface area (Å²) in [6, 6.07) is 66.6. The van der Waals surface area contributed by atoms with E-state index in [0.717, 1.165) is 28.2 Å². The minimum Gasteiger partial charge on any atom is -0.272 e. The molecule has 11 aromatic rings. The Bertz CT molecular complexity index is 3280. The molecule has 0 aliphatic carbocycles. The highest BCUT2D eigenvalue weighted by Crippen LogP contribution is 2.45. The van der Waals surface area contributed by atoms with Crippen molar-refractivity contribution in [2.45, 2.75) is 0 Å². The van der Waals surface area contributed by atoms with Crippen molar-refractivity contribution >= 4 is 43.1 Å². The molecular formula is C52H33N5. The molecule has 11 rings (SSSR count). The maximum Gasteiger partial charge on any atom is 0.206 e. The molecule has 5 heteroatoms. The second kappa shape index (κ2) is 13.5. The predicted molar refractivity (Wildman–Crippen MR) is 234 cm³/mol. The van der Waals surface area contributed by atoms with Crippen molar-refractivity contribution in [1.82, 2.24) is 24.7 Å². The number of aromatic nitrogens is 5. The first kappa shape index (κ1) is 32.7. The minimum absolute atomic E-state index is 0.500. The van der Waals surface area contributed by atoms with Gasteiger partial charge in [0.15, 0.2) is 11.6 Å². The molecule has 0 spiro atoms. The maximum absolute atomic E-state index is 4.92. The van der Waals surface area contributed by atoms with Gasteiger partial charge in [-0.15, -0.1) is 10.2 Å². The van der Waals surface area contributed by atoms with Crippen molar-refractivity contribution in [2.24, 2.45) is 0 Å². The molecule has 0 aliphatic heterocycles. The Morgan fingerprint density at radius 3 is 1.44 bits per heavy atom. The number of para-hydroxylation sites is 1. The molecule has 5 nitrogen and oxygen atoms in total. The molecule has 0 radical (unpaired) electrons. The largest absolute Gasteiger partial charge is 0.272 e. The molecular weight excluding hydrogens is 695 g/mol. The first-order chi connectivity index (χ1) is 28.3. The average molecular weight is 728 g/mol. The first-order valence-corrected chi connectivity index (χ1v) is 19.1. The Labute approximate surface area is 329 Å². The van der Waals surface area contributed by atoms with Crippen LogP contribution in [0.5, 0.6) is 0 Å². The summed E-state index contributed by atoms with van der Waals surface area (Å²) in [6.07, 6.45) is 3.80. The summed E-state index contributed by atoms with van der Waals surface area (Å²) in [4.78, 5) is 9.85. The third kappa shape index (κ3) is 5.64. The van der Waals surface area contributed by atoms with Crippen LogP contribution in [0.1, 0.15) is 0 Å². The zero-order chi connectivity index (χ0) is 37.7. The monoisotopic (exact) mass is 727 g/mol. The Morgan fingerprint density at radius 2 is 0.807 bits per heavy atom. The SMILES string of the molecule is c1ccc(-c2nnc(-c3ncc(-c4ccc5c(-c6ccc7ccccc7c6)c6ccccc6c(-c6ccc7ccccc7c6)c5c4)cn3)n2-c2ccccc2)cc1. The van der Waals surface area contributed by atoms with Gasteiger partial charge >= 0.3 is 0 Å². The van der Waals surface area contributed by atoms with Crippen LogP contribution in [0.3, 0.4) is 0 Å². The second-order valence-electron chi connectivity index (χ2n) is 14.4. The van der Waals surface area contributed by atoms with Crippen LogP contribution < -0.4 is 0 Å². The van der Waals surface area contributed by atoms with E-state index < -0.39 is 0 Å². The Balaban J connectivity index is 1.10. The summed E-state index contributed by atoms with van der Waals surface area (Å²) in [5, 5.41) is 18.9. The Hall–Kier alpha value is -7.76. The number of nitrogens with zero attached hydrogens (tertiary/aromatic N) is 5. The summed E-state index contributed by atoms with van der Waals surface area (Å²) in [7, 11) is 0. The van der Waals surface area contributed by atoms with E-state index in [1.807, 2.05) is 77.6 Å². The summed E-state index contributed by atoms with van der Waals surface area (Å²) in [5.41, 5.74) is 8.66. The van der Waals surface area contributed by atoms with E-state index in [1.165, 1.54) is 65.3 Å². The fourth-order valence-electron chi connectivity index (χ4n) is 8.29. The molecule has 266 valence electrons. The molecule has 0 unspecified atom stereocenters. The molecule has 9 aromatic carbocycles. The van der Waals surface area contributed by atoms with E-state index in [0.29, 0.717) is 11.6 Å². The lowest BCUT2D eigenvalue weighted by Crippen LogP contribution is -2.02. The maximum atomic E-state index is 4.92. The summed E-state index contributed by atoms with van der Waals surface area (Å²) < 4.78 is 2.02. The van der Waals surface area contributed by atoms with Crippen LogP contribution in [0.4, 0.5) is 0 Å². The van der Waals surface area contributed by atoms with E-state index in [2.05, 4.69) is 138 Å². The Morgan fingerprint density at radius 1 is 0.316 bits per heavy atom. The van der Waals surface area contributed by atoms with Gasteiger partial charge in [0, 0.05) is 29.2 Å². The average Bonchev–Trinajstić information content (AvgIpc) is 3.74. The zero-order valence-electron chi connectivity index (χ0n) is 30.8. The van der Waals surface area contributed by atoms with Crippen molar-refractivity contribution in [2.75, 3.05) is 0 Å². The lowest BCUT2D eigenvalue weighted by molar-refractivity contribution is 1.02. The molecule has 0 aliphatic rings. The van der Waals surface area contributed by atoms with Crippen LogP contribution in [0, 0.1) is 0 Å².